The van der Waals surface area contributed by atoms with E-state index in [0.717, 1.165) is 5.70 Å². The molecule has 0 aliphatic rings. The second-order valence-electron chi connectivity index (χ2n) is 5.73. The highest BCUT2D eigenvalue weighted by molar-refractivity contribution is 5.95. The Kier molecular flexibility index (Phi) is 7.97. The fourth-order valence-electron chi connectivity index (χ4n) is 2.47. The highest BCUT2D eigenvalue weighted by Crippen LogP contribution is 2.24. The summed E-state index contributed by atoms with van der Waals surface area (Å²) in [6.45, 7) is 8.14. The molecule has 0 N–H and O–H groups in total. The van der Waals surface area contributed by atoms with Crippen molar-refractivity contribution in [3.05, 3.63) is 72.5 Å². The Morgan fingerprint density at radius 3 is 2.24 bits per heavy atom. The van der Waals surface area contributed by atoms with Gasteiger partial charge in [-0.1, -0.05) is 18.7 Å². The lowest BCUT2D eigenvalue weighted by atomic mass is 10.1. The monoisotopic (exact) mass is 395 g/mol. The van der Waals surface area contributed by atoms with E-state index in [1.54, 1.807) is 41.3 Å². The molecule has 1 aromatic carbocycles. The van der Waals surface area contributed by atoms with Crippen LogP contribution in [0.5, 0.6) is 23.5 Å². The minimum Gasteiger partial charge on any atom is -0.481 e. The molecule has 0 atom stereocenters. The van der Waals surface area contributed by atoms with Crippen molar-refractivity contribution in [2.75, 3.05) is 20.8 Å². The van der Waals surface area contributed by atoms with E-state index in [1.807, 2.05) is 32.1 Å². The molecule has 1 amide bonds. The van der Waals surface area contributed by atoms with Crippen molar-refractivity contribution in [3.63, 3.8) is 0 Å². The zero-order valence-corrected chi connectivity index (χ0v) is 17.1. The van der Waals surface area contributed by atoms with Gasteiger partial charge < -0.3 is 19.1 Å². The summed E-state index contributed by atoms with van der Waals surface area (Å²) >= 11 is 0. The Hall–Kier alpha value is -3.61. The number of carbonyl (C=O) groups excluding carboxylic acids is 1. The summed E-state index contributed by atoms with van der Waals surface area (Å²) in [5.74, 6) is 0.992. The van der Waals surface area contributed by atoms with Crippen molar-refractivity contribution in [2.45, 2.75) is 13.8 Å². The highest BCUT2D eigenvalue weighted by atomic mass is 16.5. The predicted molar refractivity (Wildman–Crippen MR) is 111 cm³/mol. The molecule has 0 spiro atoms. The van der Waals surface area contributed by atoms with E-state index in [9.17, 15) is 4.79 Å². The number of aromatic nitrogens is 2. The maximum absolute atomic E-state index is 12.9. The van der Waals surface area contributed by atoms with E-state index in [1.165, 1.54) is 14.2 Å². The van der Waals surface area contributed by atoms with Crippen LogP contribution in [0.25, 0.3) is 0 Å². The molecular formula is C22H25N3O4. The van der Waals surface area contributed by atoms with Gasteiger partial charge in [0, 0.05) is 17.8 Å². The first kappa shape index (κ1) is 21.7. The summed E-state index contributed by atoms with van der Waals surface area (Å²) in [4.78, 5) is 22.8. The fourth-order valence-corrected chi connectivity index (χ4v) is 2.47. The maximum atomic E-state index is 12.9. The minimum atomic E-state index is -0.131. The van der Waals surface area contributed by atoms with Gasteiger partial charge in [-0.15, -0.1) is 0 Å². The Labute approximate surface area is 171 Å². The lowest BCUT2D eigenvalue weighted by Gasteiger charge is -2.22. The Morgan fingerprint density at radius 2 is 1.76 bits per heavy atom. The van der Waals surface area contributed by atoms with Crippen molar-refractivity contribution in [2.24, 2.45) is 0 Å². The lowest BCUT2D eigenvalue weighted by Crippen LogP contribution is -2.29. The number of nitrogens with zero attached hydrogens (tertiary/aromatic N) is 3. The van der Waals surface area contributed by atoms with E-state index in [2.05, 4.69) is 16.5 Å². The van der Waals surface area contributed by atoms with Crippen LogP contribution in [-0.2, 0) is 0 Å². The average molecular weight is 395 g/mol. The van der Waals surface area contributed by atoms with Gasteiger partial charge >= 0.3 is 6.01 Å². The molecule has 7 heteroatoms. The molecule has 2 aromatic rings. The molecule has 2 rings (SSSR count). The standard InChI is InChI=1S/C22H25N3O4/c1-6-9-10-17(7-2)25(8-3)21(26)16-11-13-18(14-12-16)29-22-23-19(27-4)15-20(24-22)28-5/h6-7,9-15H,2,8H2,1,3-5H3/b9-6-,17-10+. The van der Waals surface area contributed by atoms with Crippen LogP contribution in [0.1, 0.15) is 24.2 Å². The van der Waals surface area contributed by atoms with E-state index in [-0.39, 0.29) is 11.9 Å². The van der Waals surface area contributed by atoms with Gasteiger partial charge in [0.05, 0.1) is 20.3 Å². The molecule has 1 heterocycles. The third kappa shape index (κ3) is 5.68. The summed E-state index contributed by atoms with van der Waals surface area (Å²) in [6, 6.07) is 8.37. The van der Waals surface area contributed by atoms with Crippen molar-refractivity contribution in [1.29, 1.82) is 0 Å². The van der Waals surface area contributed by atoms with Gasteiger partial charge in [0.1, 0.15) is 5.75 Å². The Bertz CT molecular complexity index is 883. The van der Waals surface area contributed by atoms with Gasteiger partial charge in [-0.3, -0.25) is 4.79 Å². The van der Waals surface area contributed by atoms with Crippen molar-refractivity contribution >= 4 is 5.91 Å². The third-order valence-corrected chi connectivity index (χ3v) is 3.93. The van der Waals surface area contributed by atoms with Gasteiger partial charge in [-0.05, 0) is 50.3 Å². The SMILES string of the molecule is C=C/C(=C\C=C/C)N(CC)C(=O)c1ccc(Oc2nc(OC)cc(OC)n2)cc1. The number of hydrogen-bond donors (Lipinski definition) is 0. The molecule has 0 unspecified atom stereocenters. The molecule has 0 saturated carbocycles. The molecule has 0 bridgehead atoms. The van der Waals surface area contributed by atoms with Gasteiger partial charge in [0.25, 0.3) is 5.91 Å². The van der Waals surface area contributed by atoms with E-state index in [0.29, 0.717) is 29.6 Å². The van der Waals surface area contributed by atoms with E-state index < -0.39 is 0 Å². The van der Waals surface area contributed by atoms with Crippen LogP contribution in [0.3, 0.4) is 0 Å². The van der Waals surface area contributed by atoms with Gasteiger partial charge in [0.15, 0.2) is 0 Å². The minimum absolute atomic E-state index is 0.0821. The van der Waals surface area contributed by atoms with Gasteiger partial charge in [0.2, 0.25) is 11.8 Å². The molecule has 0 radical (unpaired) electrons. The van der Waals surface area contributed by atoms with Crippen LogP contribution in [-0.4, -0.2) is 41.5 Å². The molecule has 1 aromatic heterocycles. The smallest absolute Gasteiger partial charge is 0.328 e. The molecule has 0 aliphatic carbocycles. The van der Waals surface area contributed by atoms with Crippen molar-refractivity contribution < 1.29 is 19.0 Å². The van der Waals surface area contributed by atoms with Crippen LogP contribution in [0.2, 0.25) is 0 Å². The lowest BCUT2D eigenvalue weighted by molar-refractivity contribution is 0.0817. The summed E-state index contributed by atoms with van der Waals surface area (Å²) in [5.41, 5.74) is 1.25. The number of rotatable bonds is 9. The first-order valence-corrected chi connectivity index (χ1v) is 9.08. The molecule has 0 saturated heterocycles. The number of allylic oxidation sites excluding steroid dienone is 4. The zero-order valence-electron chi connectivity index (χ0n) is 17.1. The number of amides is 1. The zero-order chi connectivity index (χ0) is 21.2. The summed E-state index contributed by atoms with van der Waals surface area (Å²) in [7, 11) is 2.99. The first-order chi connectivity index (χ1) is 14.1. The van der Waals surface area contributed by atoms with Crippen LogP contribution in [0, 0.1) is 0 Å². The number of hydrogen-bond acceptors (Lipinski definition) is 6. The van der Waals surface area contributed by atoms with Gasteiger partial charge in [-0.25, -0.2) is 0 Å². The molecule has 0 aliphatic heterocycles. The number of methoxy groups -OCH3 is 2. The first-order valence-electron chi connectivity index (χ1n) is 9.08. The van der Waals surface area contributed by atoms with Crippen molar-refractivity contribution in [1.82, 2.24) is 14.9 Å². The quantitative estimate of drug-likeness (QED) is 0.586. The number of benzene rings is 1. The predicted octanol–water partition coefficient (Wildman–Crippen LogP) is 4.39. The number of carbonyl (C=O) groups is 1. The second kappa shape index (κ2) is 10.7. The van der Waals surface area contributed by atoms with Crippen LogP contribution >= 0.6 is 0 Å². The summed E-state index contributed by atoms with van der Waals surface area (Å²) in [6.07, 6.45) is 7.27. The molecule has 0 fully saturated rings. The van der Waals surface area contributed by atoms with Crippen LogP contribution in [0.15, 0.2) is 66.9 Å². The highest BCUT2D eigenvalue weighted by Gasteiger charge is 2.16. The Morgan fingerprint density at radius 1 is 1.14 bits per heavy atom. The largest absolute Gasteiger partial charge is 0.481 e. The Balaban J connectivity index is 2.21. The van der Waals surface area contributed by atoms with Crippen molar-refractivity contribution in [3.8, 4) is 23.5 Å². The topological polar surface area (TPSA) is 73.8 Å². The maximum Gasteiger partial charge on any atom is 0.328 e. The molecular weight excluding hydrogens is 370 g/mol. The van der Waals surface area contributed by atoms with Crippen LogP contribution < -0.4 is 14.2 Å². The molecule has 7 nitrogen and oxygen atoms in total. The third-order valence-electron chi connectivity index (χ3n) is 3.93. The second-order valence-corrected chi connectivity index (χ2v) is 5.73. The average Bonchev–Trinajstić information content (AvgIpc) is 2.76. The molecule has 152 valence electrons. The number of ether oxygens (including phenoxy) is 3. The molecule has 29 heavy (non-hydrogen) atoms. The van der Waals surface area contributed by atoms with E-state index in [4.69, 9.17) is 14.2 Å². The normalized spacial score (nSPS) is 11.2. The summed E-state index contributed by atoms with van der Waals surface area (Å²) < 4.78 is 15.9. The summed E-state index contributed by atoms with van der Waals surface area (Å²) in [5, 5.41) is 0. The fraction of sp³-hybridized carbons (Fsp3) is 0.227. The van der Waals surface area contributed by atoms with Gasteiger partial charge in [-0.2, -0.15) is 9.97 Å². The van der Waals surface area contributed by atoms with Crippen LogP contribution in [0.4, 0.5) is 0 Å². The number of likely N-dealkylation sites (N-methyl/N-ethyl adjacent to an activating group) is 1. The van der Waals surface area contributed by atoms with E-state index >= 15 is 0 Å².